The molecule has 0 bridgehead atoms. The first kappa shape index (κ1) is 25.9. The molecule has 31 heavy (non-hydrogen) atoms. The highest BCUT2D eigenvalue weighted by atomic mass is 35.5. The summed E-state index contributed by atoms with van der Waals surface area (Å²) in [4.78, 5) is 24.3. The summed E-state index contributed by atoms with van der Waals surface area (Å²) in [6.07, 6.45) is 1.79. The van der Waals surface area contributed by atoms with Gasteiger partial charge in [-0.1, -0.05) is 69.6 Å². The topological polar surface area (TPSA) is 64.6 Å². The lowest BCUT2D eigenvalue weighted by molar-refractivity contribution is -0.134. The maximum atomic E-state index is 12.2. The van der Waals surface area contributed by atoms with Crippen LogP contribution >= 0.6 is 69.6 Å². The van der Waals surface area contributed by atoms with E-state index in [-0.39, 0.29) is 50.4 Å². The van der Waals surface area contributed by atoms with Crippen LogP contribution < -0.4 is 14.8 Å². The van der Waals surface area contributed by atoms with Crippen molar-refractivity contribution in [3.63, 3.8) is 0 Å². The molecule has 2 aromatic rings. The molecule has 0 atom stereocenters. The van der Waals surface area contributed by atoms with Crippen LogP contribution in [0.4, 0.5) is 0 Å². The Morgan fingerprint density at radius 2 is 1.65 bits per heavy atom. The third-order valence-corrected chi connectivity index (χ3v) is 5.13. The van der Waals surface area contributed by atoms with Gasteiger partial charge >= 0.3 is 5.97 Å². The van der Waals surface area contributed by atoms with Crippen molar-refractivity contribution in [2.24, 2.45) is 0 Å². The zero-order valence-corrected chi connectivity index (χ0v) is 20.2. The lowest BCUT2D eigenvalue weighted by Crippen LogP contribution is -2.25. The minimum Gasteiger partial charge on any atom is -0.489 e. The number of nitrogens with one attached hydrogen (secondary N) is 1. The summed E-state index contributed by atoms with van der Waals surface area (Å²) in [5.74, 6) is -0.596. The Morgan fingerprint density at radius 1 is 0.968 bits per heavy atom. The van der Waals surface area contributed by atoms with E-state index in [1.54, 1.807) is 6.07 Å². The minimum absolute atomic E-state index is 0.0151. The highest BCUT2D eigenvalue weighted by Crippen LogP contribution is 2.37. The molecule has 0 saturated heterocycles. The molecule has 11 heteroatoms. The van der Waals surface area contributed by atoms with Crippen molar-refractivity contribution in [3.05, 3.63) is 66.6 Å². The Kier molecular flexibility index (Phi) is 10.6. The fraction of sp³-hybridized carbons (Fsp3) is 0.200. The highest BCUT2D eigenvalue weighted by molar-refractivity contribution is 6.55. The van der Waals surface area contributed by atoms with Gasteiger partial charge in [-0.05, 0) is 30.7 Å². The molecule has 0 aromatic heterocycles. The first-order valence-electron chi connectivity index (χ1n) is 8.74. The van der Waals surface area contributed by atoms with Gasteiger partial charge in [-0.15, -0.1) is 0 Å². The van der Waals surface area contributed by atoms with Crippen molar-refractivity contribution in [2.45, 2.75) is 12.8 Å². The smallest absolute Gasteiger partial charge is 0.311 e. The second-order valence-electron chi connectivity index (χ2n) is 5.98. The molecule has 0 heterocycles. The summed E-state index contributed by atoms with van der Waals surface area (Å²) in [7, 11) is 0. The first-order chi connectivity index (χ1) is 14.7. The van der Waals surface area contributed by atoms with Crippen molar-refractivity contribution in [2.75, 3.05) is 13.2 Å². The summed E-state index contributed by atoms with van der Waals surface area (Å²) >= 11 is 35.1. The van der Waals surface area contributed by atoms with Crippen LogP contribution in [0.15, 0.2) is 40.9 Å². The SMILES string of the molecule is O=C(CCCNC(=O)c1cc(Cl)ccc1Cl)Oc1c(Cl)cc(OCC=C(Cl)Cl)cc1Cl. The molecule has 5 nitrogen and oxygen atoms in total. The average Bonchev–Trinajstić information content (AvgIpc) is 2.69. The molecule has 0 saturated carbocycles. The van der Waals surface area contributed by atoms with Crippen LogP contribution in [0, 0.1) is 0 Å². The van der Waals surface area contributed by atoms with E-state index in [1.165, 1.54) is 30.3 Å². The average molecular weight is 546 g/mol. The molecule has 2 rings (SSSR count). The van der Waals surface area contributed by atoms with E-state index in [0.29, 0.717) is 17.2 Å². The van der Waals surface area contributed by atoms with Crippen LogP contribution in [0.3, 0.4) is 0 Å². The summed E-state index contributed by atoms with van der Waals surface area (Å²) in [5.41, 5.74) is 0.251. The maximum Gasteiger partial charge on any atom is 0.311 e. The molecule has 2 aromatic carbocycles. The van der Waals surface area contributed by atoms with Crippen molar-refractivity contribution in [1.29, 1.82) is 0 Å². The second-order valence-corrected chi connectivity index (χ2v) is 8.64. The molecule has 0 aliphatic rings. The van der Waals surface area contributed by atoms with E-state index in [1.807, 2.05) is 0 Å². The van der Waals surface area contributed by atoms with Crippen LogP contribution in [0.2, 0.25) is 20.1 Å². The number of carbonyl (C=O) groups is 2. The van der Waals surface area contributed by atoms with E-state index >= 15 is 0 Å². The monoisotopic (exact) mass is 543 g/mol. The molecule has 1 amide bonds. The molecular formula is C20H15Cl6NO4. The largest absolute Gasteiger partial charge is 0.489 e. The van der Waals surface area contributed by atoms with Crippen molar-refractivity contribution < 1.29 is 19.1 Å². The van der Waals surface area contributed by atoms with Crippen molar-refractivity contribution >= 4 is 81.5 Å². The zero-order valence-electron chi connectivity index (χ0n) is 15.7. The molecular weight excluding hydrogens is 531 g/mol. The Balaban J connectivity index is 1.83. The first-order valence-corrected chi connectivity index (χ1v) is 11.0. The normalized spacial score (nSPS) is 10.4. The van der Waals surface area contributed by atoms with Gasteiger partial charge < -0.3 is 14.8 Å². The summed E-state index contributed by atoms with van der Waals surface area (Å²) < 4.78 is 10.7. The predicted octanol–water partition coefficient (Wildman–Crippen LogP) is 7.11. The molecule has 0 aliphatic carbocycles. The van der Waals surface area contributed by atoms with Crippen LogP contribution in [0.5, 0.6) is 11.5 Å². The van der Waals surface area contributed by atoms with Gasteiger partial charge in [-0.2, -0.15) is 0 Å². The maximum absolute atomic E-state index is 12.2. The quantitative estimate of drug-likeness (QED) is 0.207. The Bertz CT molecular complexity index is 969. The lowest BCUT2D eigenvalue weighted by atomic mass is 10.2. The van der Waals surface area contributed by atoms with Crippen molar-refractivity contribution in [3.8, 4) is 11.5 Å². The number of halogens is 6. The number of ether oxygens (including phenoxy) is 2. The zero-order chi connectivity index (χ0) is 23.0. The third-order valence-electron chi connectivity index (χ3n) is 3.69. The Hall–Kier alpha value is -1.34. The molecule has 0 radical (unpaired) electrons. The van der Waals surface area contributed by atoms with Gasteiger partial charge in [0, 0.05) is 30.1 Å². The number of hydrogen-bond donors (Lipinski definition) is 1. The van der Waals surface area contributed by atoms with E-state index in [4.69, 9.17) is 79.1 Å². The van der Waals surface area contributed by atoms with Gasteiger partial charge in [0.15, 0.2) is 5.75 Å². The van der Waals surface area contributed by atoms with Crippen LogP contribution in [-0.2, 0) is 4.79 Å². The van der Waals surface area contributed by atoms with Gasteiger partial charge in [0.1, 0.15) is 16.8 Å². The number of benzene rings is 2. The molecule has 166 valence electrons. The Labute approximate surface area is 209 Å². The highest BCUT2D eigenvalue weighted by Gasteiger charge is 2.15. The number of esters is 1. The molecule has 0 unspecified atom stereocenters. The van der Waals surface area contributed by atoms with Crippen LogP contribution in [-0.4, -0.2) is 25.0 Å². The minimum atomic E-state index is -0.565. The van der Waals surface area contributed by atoms with Crippen molar-refractivity contribution in [1.82, 2.24) is 5.32 Å². The number of rotatable bonds is 9. The van der Waals surface area contributed by atoms with Crippen LogP contribution in [0.1, 0.15) is 23.2 Å². The van der Waals surface area contributed by atoms with E-state index < -0.39 is 11.9 Å². The predicted molar refractivity (Wildman–Crippen MR) is 125 cm³/mol. The standard InChI is InChI=1S/C20H15Cl6NO4/c21-11-3-4-14(22)13(8-11)20(29)27-6-1-2-18(28)31-19-15(23)9-12(10-16(19)24)30-7-5-17(25)26/h3-5,8-10H,1-2,6-7H2,(H,27,29). The third kappa shape index (κ3) is 8.60. The molecule has 1 N–H and O–H groups in total. The van der Waals surface area contributed by atoms with Gasteiger partial charge in [0.25, 0.3) is 5.91 Å². The summed E-state index contributed by atoms with van der Waals surface area (Å²) in [6, 6.07) is 7.47. The fourth-order valence-electron chi connectivity index (χ4n) is 2.28. The lowest BCUT2D eigenvalue weighted by Gasteiger charge is -2.11. The summed E-state index contributed by atoms with van der Waals surface area (Å²) in [5, 5.41) is 3.53. The van der Waals surface area contributed by atoms with E-state index in [9.17, 15) is 9.59 Å². The van der Waals surface area contributed by atoms with E-state index in [2.05, 4.69) is 5.32 Å². The molecule has 0 spiro atoms. The Morgan fingerprint density at radius 3 is 2.29 bits per heavy atom. The fourth-order valence-corrected chi connectivity index (χ4v) is 3.33. The van der Waals surface area contributed by atoms with Crippen LogP contribution in [0.25, 0.3) is 0 Å². The number of carbonyl (C=O) groups excluding carboxylic acids is 2. The van der Waals surface area contributed by atoms with Gasteiger partial charge in [0.05, 0.1) is 20.6 Å². The molecule has 0 aliphatic heterocycles. The van der Waals surface area contributed by atoms with Gasteiger partial charge in [-0.25, -0.2) is 0 Å². The number of amides is 1. The second kappa shape index (κ2) is 12.6. The summed E-state index contributed by atoms with van der Waals surface area (Å²) in [6.45, 7) is 0.335. The van der Waals surface area contributed by atoms with Gasteiger partial charge in [0.2, 0.25) is 0 Å². The number of hydrogen-bond acceptors (Lipinski definition) is 4. The van der Waals surface area contributed by atoms with E-state index in [0.717, 1.165) is 0 Å². The van der Waals surface area contributed by atoms with Gasteiger partial charge in [-0.3, -0.25) is 9.59 Å². The molecule has 0 fully saturated rings.